The van der Waals surface area contributed by atoms with E-state index in [0.717, 1.165) is 56.2 Å². The number of rotatable bonds is 6. The van der Waals surface area contributed by atoms with Gasteiger partial charge < -0.3 is 4.90 Å². The molecule has 10 aromatic rings. The van der Waals surface area contributed by atoms with Gasteiger partial charge in [-0.1, -0.05) is 185 Å². The highest BCUT2D eigenvalue weighted by Gasteiger charge is 2.54. The molecular formula is C59H44N4. The van der Waals surface area contributed by atoms with Gasteiger partial charge in [-0.15, -0.1) is 0 Å². The van der Waals surface area contributed by atoms with Gasteiger partial charge in [0, 0.05) is 44.7 Å². The van der Waals surface area contributed by atoms with Crippen LogP contribution in [0.5, 0.6) is 0 Å². The van der Waals surface area contributed by atoms with E-state index in [2.05, 4.69) is 243 Å². The van der Waals surface area contributed by atoms with Crippen molar-refractivity contribution in [2.24, 2.45) is 0 Å². The van der Waals surface area contributed by atoms with Crippen molar-refractivity contribution in [3.63, 3.8) is 0 Å². The molecule has 2 heterocycles. The Morgan fingerprint density at radius 2 is 0.952 bits per heavy atom. The van der Waals surface area contributed by atoms with Crippen LogP contribution in [0.2, 0.25) is 0 Å². The molecule has 8 aromatic carbocycles. The molecule has 2 aliphatic carbocycles. The Morgan fingerprint density at radius 3 is 1.54 bits per heavy atom. The molecule has 0 bridgehead atoms. The van der Waals surface area contributed by atoms with Crippen molar-refractivity contribution in [1.29, 1.82) is 0 Å². The summed E-state index contributed by atoms with van der Waals surface area (Å²) in [5.41, 5.74) is 18.8. The minimum absolute atomic E-state index is 0.0570. The van der Waals surface area contributed by atoms with Crippen molar-refractivity contribution in [3.8, 4) is 50.8 Å². The summed E-state index contributed by atoms with van der Waals surface area (Å²) < 4.78 is 2.37. The molecule has 2 aromatic heterocycles. The van der Waals surface area contributed by atoms with Crippen molar-refractivity contribution in [3.05, 3.63) is 240 Å². The first-order valence-electron chi connectivity index (χ1n) is 21.8. The Balaban J connectivity index is 1.25. The van der Waals surface area contributed by atoms with E-state index in [1.54, 1.807) is 0 Å². The van der Waals surface area contributed by atoms with Gasteiger partial charge in [0.1, 0.15) is 0 Å². The van der Waals surface area contributed by atoms with Gasteiger partial charge in [0.2, 0.25) is 5.95 Å². The highest BCUT2D eigenvalue weighted by Crippen LogP contribution is 2.65. The molecule has 300 valence electrons. The molecule has 63 heavy (non-hydrogen) atoms. The average molecular weight is 809 g/mol. The van der Waals surface area contributed by atoms with Crippen molar-refractivity contribution in [2.75, 3.05) is 4.90 Å². The van der Waals surface area contributed by atoms with Crippen molar-refractivity contribution < 1.29 is 0 Å². The second-order valence-corrected chi connectivity index (χ2v) is 17.8. The van der Waals surface area contributed by atoms with Crippen LogP contribution >= 0.6 is 0 Å². The number of hydrogen-bond donors (Lipinski definition) is 0. The van der Waals surface area contributed by atoms with Crippen molar-refractivity contribution in [1.82, 2.24) is 14.5 Å². The van der Waals surface area contributed by atoms with E-state index in [0.29, 0.717) is 5.95 Å². The molecule has 0 amide bonds. The normalized spacial score (nSPS) is 14.7. The Morgan fingerprint density at radius 1 is 0.444 bits per heavy atom. The minimum Gasteiger partial charge on any atom is -0.310 e. The Kier molecular flexibility index (Phi) is 8.29. The molecule has 0 radical (unpaired) electrons. The van der Waals surface area contributed by atoms with Crippen LogP contribution in [0.4, 0.5) is 17.1 Å². The third-order valence-electron chi connectivity index (χ3n) is 13.2. The fourth-order valence-electron chi connectivity index (χ4n) is 10.4. The molecule has 2 aliphatic rings. The van der Waals surface area contributed by atoms with E-state index >= 15 is 0 Å². The number of anilines is 3. The molecule has 0 N–H and O–H groups in total. The molecule has 4 nitrogen and oxygen atoms in total. The molecular weight excluding hydrogens is 765 g/mol. The highest BCUT2D eigenvalue weighted by atomic mass is 15.2. The van der Waals surface area contributed by atoms with Gasteiger partial charge in [0.15, 0.2) is 0 Å². The van der Waals surface area contributed by atoms with Crippen LogP contribution in [-0.4, -0.2) is 14.5 Å². The van der Waals surface area contributed by atoms with E-state index in [1.165, 1.54) is 44.5 Å². The first-order valence-corrected chi connectivity index (χ1v) is 21.8. The van der Waals surface area contributed by atoms with E-state index in [-0.39, 0.29) is 5.41 Å². The van der Waals surface area contributed by atoms with E-state index in [4.69, 9.17) is 9.97 Å². The first kappa shape index (κ1) is 37.0. The fraction of sp³-hybridized carbons (Fsp3) is 0.0847. The maximum Gasteiger partial charge on any atom is 0.235 e. The smallest absolute Gasteiger partial charge is 0.235 e. The number of hydrogen-bond acceptors (Lipinski definition) is 3. The van der Waals surface area contributed by atoms with E-state index < -0.39 is 5.41 Å². The molecule has 1 atom stereocenters. The van der Waals surface area contributed by atoms with Crippen LogP contribution in [-0.2, 0) is 10.8 Å². The van der Waals surface area contributed by atoms with Crippen LogP contribution in [0, 0.1) is 0 Å². The average Bonchev–Trinajstić information content (AvgIpc) is 3.94. The van der Waals surface area contributed by atoms with Crippen molar-refractivity contribution >= 4 is 28.0 Å². The van der Waals surface area contributed by atoms with Crippen LogP contribution in [0.3, 0.4) is 0 Å². The van der Waals surface area contributed by atoms with Gasteiger partial charge in [0.05, 0.1) is 28.0 Å². The summed E-state index contributed by atoms with van der Waals surface area (Å²) in [6.07, 6.45) is 0. The van der Waals surface area contributed by atoms with Gasteiger partial charge in [-0.3, -0.25) is 4.57 Å². The highest BCUT2D eigenvalue weighted by molar-refractivity contribution is 6.06. The molecule has 0 fully saturated rings. The maximum absolute atomic E-state index is 5.52. The lowest BCUT2D eigenvalue weighted by Gasteiger charge is -2.32. The second kappa shape index (κ2) is 14.1. The lowest BCUT2D eigenvalue weighted by Crippen LogP contribution is -2.26. The molecule has 1 unspecified atom stereocenters. The lowest BCUT2D eigenvalue weighted by atomic mass is 9.69. The third-order valence-corrected chi connectivity index (χ3v) is 13.2. The SMILES string of the molecule is CC(C)(C)c1ccc2c(c1)C1(c3ccccc3-2)c2ccccc2-c2c1c1cc(N(c3ccccc3)c3ccccc3)ccc1n2-c1nc(-c2ccccc2)cc(-c2ccccc2)n1. The quantitative estimate of drug-likeness (QED) is 0.168. The van der Waals surface area contributed by atoms with Gasteiger partial charge in [-0.05, 0) is 87.3 Å². The summed E-state index contributed by atoms with van der Waals surface area (Å²) in [5.74, 6) is 0.638. The van der Waals surface area contributed by atoms with Crippen LogP contribution < -0.4 is 4.90 Å². The molecule has 0 aliphatic heterocycles. The summed E-state index contributed by atoms with van der Waals surface area (Å²) in [6, 6.07) is 76.8. The summed E-state index contributed by atoms with van der Waals surface area (Å²) in [7, 11) is 0. The van der Waals surface area contributed by atoms with Crippen LogP contribution in [0.15, 0.2) is 212 Å². The van der Waals surface area contributed by atoms with Crippen LogP contribution in [0.1, 0.15) is 48.6 Å². The standard InChI is InChI=1S/C59H44N4/c1-58(2,3)41-32-34-46-45-28-16-18-30-49(45)59(51(46)36-41)50-31-19-17-29-47(50)56-55(59)48-37-44(62(42-24-12-6-13-25-42)43-26-14-7-15-27-43)33-35-54(48)63(56)57-60-52(39-20-8-4-9-21-39)38-53(61-57)40-22-10-5-11-23-40/h4-38H,1-3H3. The van der Waals surface area contributed by atoms with Gasteiger partial charge in [0.25, 0.3) is 0 Å². The maximum atomic E-state index is 5.52. The second-order valence-electron chi connectivity index (χ2n) is 17.8. The summed E-state index contributed by atoms with van der Waals surface area (Å²) in [5, 5.41) is 1.16. The minimum atomic E-state index is -0.620. The number of nitrogens with zero attached hydrogens (tertiary/aromatic N) is 4. The largest absolute Gasteiger partial charge is 0.310 e. The topological polar surface area (TPSA) is 34.0 Å². The summed E-state index contributed by atoms with van der Waals surface area (Å²) >= 11 is 0. The zero-order chi connectivity index (χ0) is 42.3. The number of fused-ring (bicyclic) bond motifs is 12. The first-order chi connectivity index (χ1) is 30.9. The third kappa shape index (κ3) is 5.61. The van der Waals surface area contributed by atoms with Crippen LogP contribution in [0.25, 0.3) is 61.8 Å². The Labute approximate surface area is 368 Å². The predicted octanol–water partition coefficient (Wildman–Crippen LogP) is 14.9. The Bertz CT molecular complexity index is 3270. The van der Waals surface area contributed by atoms with E-state index in [9.17, 15) is 0 Å². The predicted molar refractivity (Wildman–Crippen MR) is 259 cm³/mol. The monoisotopic (exact) mass is 808 g/mol. The fourth-order valence-corrected chi connectivity index (χ4v) is 10.4. The lowest BCUT2D eigenvalue weighted by molar-refractivity contribution is 0.588. The zero-order valence-electron chi connectivity index (χ0n) is 35.5. The van der Waals surface area contributed by atoms with Crippen molar-refractivity contribution in [2.45, 2.75) is 31.6 Å². The Hall–Kier alpha value is -7.82. The molecule has 0 saturated carbocycles. The number of benzene rings is 8. The molecule has 0 saturated heterocycles. The molecule has 1 spiro atoms. The van der Waals surface area contributed by atoms with E-state index in [1.807, 2.05) is 0 Å². The van der Waals surface area contributed by atoms with Gasteiger partial charge >= 0.3 is 0 Å². The van der Waals surface area contributed by atoms with Gasteiger partial charge in [-0.25, -0.2) is 9.97 Å². The number of aromatic nitrogens is 3. The molecule has 4 heteroatoms. The zero-order valence-corrected chi connectivity index (χ0v) is 35.5. The summed E-state index contributed by atoms with van der Waals surface area (Å²) in [6.45, 7) is 6.95. The van der Waals surface area contributed by atoms with Gasteiger partial charge in [-0.2, -0.15) is 0 Å². The summed E-state index contributed by atoms with van der Waals surface area (Å²) in [4.78, 5) is 13.4. The molecule has 12 rings (SSSR count). The number of para-hydroxylation sites is 2.